The number of methoxy groups -OCH3 is 1. The van der Waals surface area contributed by atoms with Crippen LogP contribution in [-0.4, -0.2) is 51.6 Å². The number of piperidine rings is 2. The fraction of sp³-hybridized carbons (Fsp3) is 0.571. The molecule has 0 unspecified atom stereocenters. The largest absolute Gasteiger partial charge is 0.464 e. The number of aryl methyl sites for hydroxylation is 1. The lowest BCUT2D eigenvalue weighted by molar-refractivity contribution is 0.0539. The zero-order valence-corrected chi connectivity index (χ0v) is 16.0. The second-order valence-corrected chi connectivity index (χ2v) is 7.63. The van der Waals surface area contributed by atoms with Crippen LogP contribution in [0.25, 0.3) is 11.5 Å². The lowest BCUT2D eigenvalue weighted by Gasteiger charge is -2.44. The molecule has 27 heavy (non-hydrogen) atoms. The molecule has 144 valence electrons. The minimum atomic E-state index is -0.422. The Hall–Kier alpha value is -2.21. The maximum atomic E-state index is 11.8. The second kappa shape index (κ2) is 8.21. The van der Waals surface area contributed by atoms with Crippen molar-refractivity contribution in [1.29, 1.82) is 0 Å². The molecule has 2 fully saturated rings. The summed E-state index contributed by atoms with van der Waals surface area (Å²) < 4.78 is 6.95. The smallest absolute Gasteiger partial charge is 0.356 e. The van der Waals surface area contributed by atoms with Crippen molar-refractivity contribution >= 4 is 5.97 Å². The van der Waals surface area contributed by atoms with Crippen molar-refractivity contribution in [2.45, 2.75) is 51.1 Å². The van der Waals surface area contributed by atoms with E-state index in [-0.39, 0.29) is 0 Å². The molecule has 4 heterocycles. The lowest BCUT2D eigenvalue weighted by Crippen LogP contribution is -2.48. The molecule has 0 amide bonds. The first-order chi connectivity index (χ1) is 13.3. The number of hydrogen-bond donors (Lipinski definition) is 0. The Bertz CT molecular complexity index is 786. The molecule has 6 heteroatoms. The van der Waals surface area contributed by atoms with E-state index in [0.29, 0.717) is 11.4 Å². The van der Waals surface area contributed by atoms with E-state index >= 15 is 0 Å². The Morgan fingerprint density at radius 3 is 3.00 bits per heavy atom. The van der Waals surface area contributed by atoms with Gasteiger partial charge in [0.05, 0.1) is 7.11 Å². The van der Waals surface area contributed by atoms with E-state index in [1.54, 1.807) is 6.07 Å². The van der Waals surface area contributed by atoms with Gasteiger partial charge in [-0.15, -0.1) is 0 Å². The number of aromatic nitrogens is 3. The molecule has 2 aromatic heterocycles. The molecule has 0 aromatic carbocycles. The van der Waals surface area contributed by atoms with Crippen molar-refractivity contribution in [2.24, 2.45) is 5.92 Å². The number of carbonyl (C=O) groups excluding carboxylic acids is 1. The fourth-order valence-corrected chi connectivity index (χ4v) is 4.72. The monoisotopic (exact) mass is 368 g/mol. The van der Waals surface area contributed by atoms with Gasteiger partial charge in [-0.25, -0.2) is 14.8 Å². The molecule has 2 aliphatic rings. The van der Waals surface area contributed by atoms with Crippen molar-refractivity contribution in [2.75, 3.05) is 20.2 Å². The number of nitrogens with zero attached hydrogens (tertiary/aromatic N) is 4. The lowest BCUT2D eigenvalue weighted by atomic mass is 9.81. The summed E-state index contributed by atoms with van der Waals surface area (Å²) in [6.45, 7) is 3.50. The second-order valence-electron chi connectivity index (χ2n) is 7.63. The van der Waals surface area contributed by atoms with E-state index in [4.69, 9.17) is 4.74 Å². The van der Waals surface area contributed by atoms with Gasteiger partial charge in [0.1, 0.15) is 11.4 Å². The first-order valence-electron chi connectivity index (χ1n) is 10.1. The molecule has 2 aromatic rings. The van der Waals surface area contributed by atoms with E-state index < -0.39 is 5.97 Å². The molecule has 0 saturated carbocycles. The molecule has 2 aliphatic heterocycles. The normalized spacial score (nSPS) is 23.0. The van der Waals surface area contributed by atoms with Gasteiger partial charge in [0, 0.05) is 25.0 Å². The van der Waals surface area contributed by atoms with Crippen LogP contribution in [0.2, 0.25) is 0 Å². The number of pyridine rings is 1. The number of rotatable bonds is 5. The number of hydrogen-bond acceptors (Lipinski definition) is 5. The zero-order chi connectivity index (χ0) is 18.6. The van der Waals surface area contributed by atoms with Gasteiger partial charge in [-0.05, 0) is 63.2 Å². The van der Waals surface area contributed by atoms with E-state index in [0.717, 1.165) is 24.3 Å². The Morgan fingerprint density at radius 2 is 2.11 bits per heavy atom. The number of imidazole rings is 1. The van der Waals surface area contributed by atoms with Crippen LogP contribution in [0, 0.1) is 5.92 Å². The molecule has 0 aliphatic carbocycles. The first-order valence-corrected chi connectivity index (χ1v) is 10.1. The van der Waals surface area contributed by atoms with Crippen LogP contribution in [0.4, 0.5) is 0 Å². The van der Waals surface area contributed by atoms with Crippen LogP contribution in [0.5, 0.6) is 0 Å². The average molecular weight is 368 g/mol. The van der Waals surface area contributed by atoms with E-state index in [1.165, 1.54) is 58.7 Å². The minimum Gasteiger partial charge on any atom is -0.464 e. The number of esters is 1. The Morgan fingerprint density at radius 1 is 1.22 bits per heavy atom. The van der Waals surface area contributed by atoms with Gasteiger partial charge in [-0.1, -0.05) is 12.5 Å². The minimum absolute atomic E-state index is 0.315. The molecule has 2 atom stereocenters. The van der Waals surface area contributed by atoms with Crippen LogP contribution >= 0.6 is 0 Å². The van der Waals surface area contributed by atoms with E-state index in [1.807, 2.05) is 24.5 Å². The third kappa shape index (κ3) is 3.90. The molecular weight excluding hydrogens is 340 g/mol. The summed E-state index contributed by atoms with van der Waals surface area (Å²) in [6.07, 6.45) is 11.7. The molecule has 4 rings (SSSR count). The Balaban J connectivity index is 1.47. The first kappa shape index (κ1) is 18.2. The highest BCUT2D eigenvalue weighted by Crippen LogP contribution is 2.33. The predicted octanol–water partition coefficient (Wildman–Crippen LogP) is 3.39. The van der Waals surface area contributed by atoms with Gasteiger partial charge in [0.15, 0.2) is 5.82 Å². The highest BCUT2D eigenvalue weighted by Gasteiger charge is 2.32. The van der Waals surface area contributed by atoms with Crippen LogP contribution in [0.3, 0.4) is 0 Å². The Labute approximate surface area is 160 Å². The van der Waals surface area contributed by atoms with Gasteiger partial charge in [0.2, 0.25) is 0 Å². The maximum absolute atomic E-state index is 11.8. The SMILES string of the molecule is COC(=O)c1cccc(-c2nccn2CC[C@@H]2CCCN3CCCC[C@H]23)n1. The molecule has 2 saturated heterocycles. The highest BCUT2D eigenvalue weighted by molar-refractivity contribution is 5.87. The van der Waals surface area contributed by atoms with Crippen molar-refractivity contribution in [3.63, 3.8) is 0 Å². The average Bonchev–Trinajstić information content (AvgIpc) is 3.20. The summed E-state index contributed by atoms with van der Waals surface area (Å²) in [5.41, 5.74) is 1.03. The van der Waals surface area contributed by atoms with E-state index in [2.05, 4.69) is 19.4 Å². The summed E-state index contributed by atoms with van der Waals surface area (Å²) >= 11 is 0. The molecular formula is C21H28N4O2. The summed E-state index contributed by atoms with van der Waals surface area (Å²) in [6, 6.07) is 6.16. The third-order valence-electron chi connectivity index (χ3n) is 6.06. The molecule has 6 nitrogen and oxygen atoms in total. The summed E-state index contributed by atoms with van der Waals surface area (Å²) in [5.74, 6) is 1.16. The van der Waals surface area contributed by atoms with Crippen molar-refractivity contribution in [1.82, 2.24) is 19.4 Å². The maximum Gasteiger partial charge on any atom is 0.356 e. The Kier molecular flexibility index (Phi) is 5.53. The van der Waals surface area contributed by atoms with Gasteiger partial charge in [-0.3, -0.25) is 0 Å². The van der Waals surface area contributed by atoms with Crippen molar-refractivity contribution in [3.8, 4) is 11.5 Å². The molecule has 0 bridgehead atoms. The van der Waals surface area contributed by atoms with E-state index in [9.17, 15) is 4.79 Å². The summed E-state index contributed by atoms with van der Waals surface area (Å²) in [7, 11) is 1.37. The highest BCUT2D eigenvalue weighted by atomic mass is 16.5. The van der Waals surface area contributed by atoms with Crippen LogP contribution in [0.15, 0.2) is 30.6 Å². The standard InChI is InChI=1S/C21H28N4O2/c1-27-21(26)18-8-4-7-17(23-18)20-22-11-15-25(20)14-10-16-6-5-13-24-12-3-2-9-19(16)24/h4,7-8,11,15-16,19H,2-3,5-6,9-10,12-14H2,1H3/t16-,19+/m0/s1. The van der Waals surface area contributed by atoms with Gasteiger partial charge < -0.3 is 14.2 Å². The van der Waals surface area contributed by atoms with Crippen molar-refractivity contribution in [3.05, 3.63) is 36.3 Å². The number of ether oxygens (including phenoxy) is 1. The van der Waals surface area contributed by atoms with Gasteiger partial charge >= 0.3 is 5.97 Å². The van der Waals surface area contributed by atoms with Gasteiger partial charge in [-0.2, -0.15) is 0 Å². The number of fused-ring (bicyclic) bond motifs is 1. The van der Waals surface area contributed by atoms with Crippen LogP contribution in [0.1, 0.15) is 49.0 Å². The summed E-state index contributed by atoms with van der Waals surface area (Å²) in [4.78, 5) is 23.4. The summed E-state index contributed by atoms with van der Waals surface area (Å²) in [5, 5.41) is 0. The van der Waals surface area contributed by atoms with Crippen LogP contribution in [-0.2, 0) is 11.3 Å². The third-order valence-corrected chi connectivity index (χ3v) is 6.06. The van der Waals surface area contributed by atoms with Gasteiger partial charge in [0.25, 0.3) is 0 Å². The number of carbonyl (C=O) groups is 1. The van der Waals surface area contributed by atoms with Crippen molar-refractivity contribution < 1.29 is 9.53 Å². The molecule has 0 spiro atoms. The predicted molar refractivity (Wildman–Crippen MR) is 103 cm³/mol. The quantitative estimate of drug-likeness (QED) is 0.757. The topological polar surface area (TPSA) is 60.2 Å². The fourth-order valence-electron chi connectivity index (χ4n) is 4.72. The van der Waals surface area contributed by atoms with Crippen LogP contribution < -0.4 is 0 Å². The molecule has 0 radical (unpaired) electrons. The molecule has 0 N–H and O–H groups in total. The zero-order valence-electron chi connectivity index (χ0n) is 16.0.